The predicted molar refractivity (Wildman–Crippen MR) is 77.4 cm³/mol. The van der Waals surface area contributed by atoms with E-state index in [2.05, 4.69) is 25.7 Å². The molecule has 1 unspecified atom stereocenters. The summed E-state index contributed by atoms with van der Waals surface area (Å²) < 4.78 is 40.8. The maximum atomic E-state index is 14.1. The molecule has 2 rings (SSSR count). The highest BCUT2D eigenvalue weighted by Crippen LogP contribution is 2.40. The first-order chi connectivity index (χ1) is 10.7. The van der Waals surface area contributed by atoms with Gasteiger partial charge in [0.25, 0.3) is 11.9 Å². The Hall–Kier alpha value is -1.94. The monoisotopic (exact) mass is 333 g/mol. The van der Waals surface area contributed by atoms with E-state index in [1.165, 1.54) is 7.11 Å². The van der Waals surface area contributed by atoms with Crippen molar-refractivity contribution in [2.45, 2.75) is 44.8 Å². The van der Waals surface area contributed by atoms with Crippen LogP contribution >= 0.6 is 0 Å². The molecule has 1 aliphatic carbocycles. The molecule has 0 radical (unpaired) electrons. The summed E-state index contributed by atoms with van der Waals surface area (Å²) in [5.41, 5.74) is 2.22. The SMILES string of the molecule is CONc1nc(NC(C)C)nc(C2=C(F)C(O)C(F)(F)CC2)n1. The van der Waals surface area contributed by atoms with Gasteiger partial charge in [0.15, 0.2) is 11.9 Å². The molecule has 3 N–H and O–H groups in total. The molecule has 0 fully saturated rings. The third-order valence-electron chi connectivity index (χ3n) is 3.15. The summed E-state index contributed by atoms with van der Waals surface area (Å²) in [5, 5.41) is 12.3. The number of allylic oxidation sites excluding steroid dienone is 1. The van der Waals surface area contributed by atoms with E-state index in [0.29, 0.717) is 0 Å². The highest BCUT2D eigenvalue weighted by molar-refractivity contribution is 5.65. The van der Waals surface area contributed by atoms with E-state index in [1.54, 1.807) is 0 Å². The van der Waals surface area contributed by atoms with Crippen LogP contribution in [-0.2, 0) is 4.84 Å². The molecule has 128 valence electrons. The van der Waals surface area contributed by atoms with Gasteiger partial charge in [0.2, 0.25) is 5.95 Å². The molecule has 23 heavy (non-hydrogen) atoms. The van der Waals surface area contributed by atoms with Crippen molar-refractivity contribution >= 4 is 17.5 Å². The van der Waals surface area contributed by atoms with Gasteiger partial charge in [0.1, 0.15) is 5.83 Å². The van der Waals surface area contributed by atoms with Crippen molar-refractivity contribution in [1.29, 1.82) is 0 Å². The van der Waals surface area contributed by atoms with Gasteiger partial charge in [-0.05, 0) is 20.3 Å². The average molecular weight is 333 g/mol. The van der Waals surface area contributed by atoms with Crippen molar-refractivity contribution in [2.24, 2.45) is 0 Å². The third-order valence-corrected chi connectivity index (χ3v) is 3.15. The molecule has 0 bridgehead atoms. The van der Waals surface area contributed by atoms with Crippen LogP contribution in [0.5, 0.6) is 0 Å². The summed E-state index contributed by atoms with van der Waals surface area (Å²) in [6.07, 6.45) is -3.49. The van der Waals surface area contributed by atoms with Crippen LogP contribution in [0, 0.1) is 0 Å². The number of hydrogen-bond donors (Lipinski definition) is 3. The van der Waals surface area contributed by atoms with Crippen LogP contribution in [0.1, 0.15) is 32.5 Å². The molecule has 1 aliphatic rings. The Morgan fingerprint density at radius 1 is 1.26 bits per heavy atom. The fraction of sp³-hybridized carbons (Fsp3) is 0.615. The first kappa shape index (κ1) is 17.4. The zero-order valence-corrected chi connectivity index (χ0v) is 12.9. The van der Waals surface area contributed by atoms with E-state index in [9.17, 15) is 18.3 Å². The van der Waals surface area contributed by atoms with Gasteiger partial charge in [0.05, 0.1) is 7.11 Å². The number of aliphatic hydroxyl groups is 1. The lowest BCUT2D eigenvalue weighted by Gasteiger charge is -2.27. The van der Waals surface area contributed by atoms with E-state index in [-0.39, 0.29) is 35.8 Å². The van der Waals surface area contributed by atoms with Gasteiger partial charge < -0.3 is 10.4 Å². The van der Waals surface area contributed by atoms with Gasteiger partial charge in [-0.15, -0.1) is 0 Å². The van der Waals surface area contributed by atoms with Crippen LogP contribution < -0.4 is 10.8 Å². The largest absolute Gasteiger partial charge is 0.380 e. The maximum Gasteiger partial charge on any atom is 0.280 e. The minimum absolute atomic E-state index is 0.00669. The van der Waals surface area contributed by atoms with Crippen LogP contribution in [-0.4, -0.2) is 45.2 Å². The number of aromatic nitrogens is 3. The normalized spacial score (nSPS) is 20.8. The van der Waals surface area contributed by atoms with Crippen LogP contribution in [0.15, 0.2) is 5.83 Å². The Morgan fingerprint density at radius 2 is 1.91 bits per heavy atom. The molecule has 1 aromatic rings. The van der Waals surface area contributed by atoms with Gasteiger partial charge in [-0.3, -0.25) is 4.84 Å². The predicted octanol–water partition coefficient (Wildman–Crippen LogP) is 2.14. The summed E-state index contributed by atoms with van der Waals surface area (Å²) in [7, 11) is 1.34. The molecule has 1 heterocycles. The fourth-order valence-corrected chi connectivity index (χ4v) is 2.09. The van der Waals surface area contributed by atoms with E-state index in [4.69, 9.17) is 4.84 Å². The van der Waals surface area contributed by atoms with Gasteiger partial charge in [-0.2, -0.15) is 15.0 Å². The smallest absolute Gasteiger partial charge is 0.280 e. The van der Waals surface area contributed by atoms with Gasteiger partial charge in [-0.25, -0.2) is 18.7 Å². The zero-order chi connectivity index (χ0) is 17.2. The molecule has 0 saturated heterocycles. The van der Waals surface area contributed by atoms with Crippen molar-refractivity contribution < 1.29 is 23.1 Å². The maximum absolute atomic E-state index is 14.1. The second kappa shape index (κ2) is 6.67. The number of aliphatic hydroxyl groups excluding tert-OH is 1. The molecule has 0 aliphatic heterocycles. The highest BCUT2D eigenvalue weighted by Gasteiger charge is 2.46. The molecule has 0 amide bonds. The van der Waals surface area contributed by atoms with Crippen molar-refractivity contribution in [3.05, 3.63) is 11.7 Å². The van der Waals surface area contributed by atoms with Crippen molar-refractivity contribution in [3.63, 3.8) is 0 Å². The minimum Gasteiger partial charge on any atom is -0.380 e. The molecule has 0 aromatic carbocycles. The highest BCUT2D eigenvalue weighted by atomic mass is 19.3. The van der Waals surface area contributed by atoms with Gasteiger partial charge in [0, 0.05) is 18.0 Å². The lowest BCUT2D eigenvalue weighted by atomic mass is 9.92. The molecule has 1 aromatic heterocycles. The Balaban J connectivity index is 2.45. The number of hydrogen-bond acceptors (Lipinski definition) is 7. The van der Waals surface area contributed by atoms with Crippen LogP contribution in [0.2, 0.25) is 0 Å². The first-order valence-corrected chi connectivity index (χ1v) is 7.01. The van der Waals surface area contributed by atoms with Crippen LogP contribution in [0.3, 0.4) is 0 Å². The summed E-state index contributed by atoms with van der Waals surface area (Å²) in [6, 6.07) is -0.0132. The van der Waals surface area contributed by atoms with Gasteiger partial charge >= 0.3 is 0 Å². The van der Waals surface area contributed by atoms with Crippen molar-refractivity contribution in [1.82, 2.24) is 15.0 Å². The number of halogens is 3. The number of nitrogens with one attached hydrogen (secondary N) is 2. The van der Waals surface area contributed by atoms with Crippen LogP contribution in [0.25, 0.3) is 5.57 Å². The minimum atomic E-state index is -3.51. The molecule has 0 saturated carbocycles. The summed E-state index contributed by atoms with van der Waals surface area (Å²) in [6.45, 7) is 3.69. The van der Waals surface area contributed by atoms with Gasteiger partial charge in [-0.1, -0.05) is 0 Å². The molecule has 10 heteroatoms. The topological polar surface area (TPSA) is 92.2 Å². The molecule has 0 spiro atoms. The number of anilines is 2. The molecular formula is C13H18F3N5O2. The van der Waals surface area contributed by atoms with E-state index < -0.39 is 24.3 Å². The number of nitrogens with zero attached hydrogens (tertiary/aromatic N) is 3. The van der Waals surface area contributed by atoms with Crippen LogP contribution in [0.4, 0.5) is 25.1 Å². The molecular weight excluding hydrogens is 315 g/mol. The Bertz CT molecular complexity index is 609. The van der Waals surface area contributed by atoms with E-state index in [1.807, 2.05) is 13.8 Å². The standard InChI is InChI=1S/C13H18F3N5O2/c1-6(2)17-11-18-10(19-12(20-11)21-23-3)7-4-5-13(15,16)9(22)8(7)14/h6,9,22H,4-5H2,1-3H3,(H2,17,18,19,20,21). The summed E-state index contributed by atoms with van der Waals surface area (Å²) in [4.78, 5) is 16.7. The summed E-state index contributed by atoms with van der Waals surface area (Å²) >= 11 is 0. The lowest BCUT2D eigenvalue weighted by Crippen LogP contribution is -2.37. The Morgan fingerprint density at radius 3 is 2.52 bits per heavy atom. The second-order valence-corrected chi connectivity index (χ2v) is 5.40. The number of alkyl halides is 2. The summed E-state index contributed by atoms with van der Waals surface area (Å²) in [5.74, 6) is -4.83. The lowest BCUT2D eigenvalue weighted by molar-refractivity contribution is -0.107. The number of rotatable bonds is 5. The Kier molecular flexibility index (Phi) is 5.05. The third kappa shape index (κ3) is 3.88. The van der Waals surface area contributed by atoms with Crippen molar-refractivity contribution in [3.8, 4) is 0 Å². The molecule has 7 nitrogen and oxygen atoms in total. The van der Waals surface area contributed by atoms with Crippen molar-refractivity contribution in [2.75, 3.05) is 17.9 Å². The average Bonchev–Trinajstić information content (AvgIpc) is 2.44. The zero-order valence-electron chi connectivity index (χ0n) is 12.9. The molecule has 1 atom stereocenters. The first-order valence-electron chi connectivity index (χ1n) is 7.01. The fourth-order valence-electron chi connectivity index (χ4n) is 2.09. The Labute approximate surface area is 131 Å². The van der Waals surface area contributed by atoms with E-state index >= 15 is 0 Å². The second-order valence-electron chi connectivity index (χ2n) is 5.40. The van der Waals surface area contributed by atoms with E-state index in [0.717, 1.165) is 0 Å². The quantitative estimate of drug-likeness (QED) is 0.711.